The summed E-state index contributed by atoms with van der Waals surface area (Å²) in [5.74, 6) is 0.847. The van der Waals surface area contributed by atoms with E-state index in [2.05, 4.69) is 5.32 Å². The van der Waals surface area contributed by atoms with Gasteiger partial charge in [-0.25, -0.2) is 0 Å². The van der Waals surface area contributed by atoms with Gasteiger partial charge in [0, 0.05) is 12.7 Å². The maximum atomic E-state index is 10.6. The van der Waals surface area contributed by atoms with Crippen LogP contribution in [0.1, 0.15) is 6.92 Å². The fraction of sp³-hybridized carbons (Fsp3) is 0.600. The van der Waals surface area contributed by atoms with Crippen molar-refractivity contribution in [1.82, 2.24) is 5.32 Å². The molecule has 0 radical (unpaired) electrons. The molecule has 1 unspecified atom stereocenters. The van der Waals surface area contributed by atoms with E-state index in [1.165, 1.54) is 11.8 Å². The van der Waals surface area contributed by atoms with Gasteiger partial charge in [0.05, 0.1) is 4.99 Å². The molecule has 1 N–H and O–H groups in total. The van der Waals surface area contributed by atoms with Gasteiger partial charge in [-0.3, -0.25) is 4.79 Å². The van der Waals surface area contributed by atoms with Crippen LogP contribution in [0.2, 0.25) is 0 Å². The lowest BCUT2D eigenvalue weighted by molar-refractivity contribution is -0.109. The van der Waals surface area contributed by atoms with Crippen molar-refractivity contribution in [3.05, 3.63) is 0 Å². The molecule has 1 heterocycles. The van der Waals surface area contributed by atoms with E-state index in [4.69, 9.17) is 12.2 Å². The Morgan fingerprint density at radius 2 is 2.70 bits per heavy atom. The largest absolute Gasteiger partial charge is 0.358 e. The first-order valence-electron chi connectivity index (χ1n) is 2.76. The molecular formula is C5H7NOS3. The van der Waals surface area contributed by atoms with Crippen LogP contribution in [-0.4, -0.2) is 20.6 Å². The van der Waals surface area contributed by atoms with Gasteiger partial charge in [-0.15, -0.1) is 11.8 Å². The van der Waals surface area contributed by atoms with Gasteiger partial charge in [0.25, 0.3) is 0 Å². The van der Waals surface area contributed by atoms with Crippen molar-refractivity contribution < 1.29 is 4.79 Å². The molecule has 1 atom stereocenters. The van der Waals surface area contributed by atoms with Crippen LogP contribution in [0.3, 0.4) is 0 Å². The van der Waals surface area contributed by atoms with Crippen molar-refractivity contribution in [2.24, 2.45) is 0 Å². The molecule has 1 aliphatic rings. The quantitative estimate of drug-likeness (QED) is 0.632. The van der Waals surface area contributed by atoms with E-state index in [0.29, 0.717) is 0 Å². The molecule has 0 aromatic heterocycles. The molecule has 1 rings (SSSR count). The Balaban J connectivity index is 2.31. The second-order valence-corrected chi connectivity index (χ2v) is 4.99. The number of carbonyl (C=O) groups excluding carboxylic acids is 1. The third-order valence-corrected chi connectivity index (χ3v) is 3.60. The van der Waals surface area contributed by atoms with E-state index < -0.39 is 0 Å². The first-order chi connectivity index (χ1) is 4.68. The third-order valence-electron chi connectivity index (χ3n) is 0.918. The van der Waals surface area contributed by atoms with Crippen LogP contribution in [0.4, 0.5) is 0 Å². The molecule has 0 spiro atoms. The molecule has 0 aliphatic carbocycles. The predicted octanol–water partition coefficient (Wildman–Crippen LogP) is 1.21. The molecular weight excluding hydrogens is 186 g/mol. The number of thioether (sulfide) groups is 2. The van der Waals surface area contributed by atoms with Crippen molar-refractivity contribution in [1.29, 1.82) is 0 Å². The number of hydrogen-bond donors (Lipinski definition) is 1. The van der Waals surface area contributed by atoms with Gasteiger partial charge in [0.1, 0.15) is 4.71 Å². The van der Waals surface area contributed by atoms with Crippen LogP contribution in [-0.2, 0) is 4.79 Å². The summed E-state index contributed by atoms with van der Waals surface area (Å²) in [6.07, 6.45) is 0. The zero-order valence-electron chi connectivity index (χ0n) is 5.42. The molecule has 0 aromatic rings. The Labute approximate surface area is 73.5 Å². The monoisotopic (exact) mass is 193 g/mol. The second-order valence-electron chi connectivity index (χ2n) is 1.82. The average Bonchev–Trinajstić information content (AvgIpc) is 2.13. The normalized spacial score (nSPS) is 24.5. The van der Waals surface area contributed by atoms with Crippen LogP contribution < -0.4 is 5.32 Å². The molecule has 0 bridgehead atoms. The lowest BCUT2D eigenvalue weighted by atomic mass is 10.8. The first-order valence-corrected chi connectivity index (χ1v) is 5.10. The number of nitrogens with one attached hydrogen (secondary N) is 1. The molecule has 5 heteroatoms. The molecule has 0 saturated carbocycles. The van der Waals surface area contributed by atoms with E-state index in [-0.39, 0.29) is 9.82 Å². The second kappa shape index (κ2) is 3.59. The zero-order valence-corrected chi connectivity index (χ0v) is 7.87. The highest BCUT2D eigenvalue weighted by Gasteiger charge is 2.20. The maximum Gasteiger partial charge on any atom is 0.188 e. The summed E-state index contributed by atoms with van der Waals surface area (Å²) in [5.41, 5.74) is 0. The fourth-order valence-electron chi connectivity index (χ4n) is 0.580. The summed E-state index contributed by atoms with van der Waals surface area (Å²) in [6.45, 7) is 1.56. The van der Waals surface area contributed by atoms with Gasteiger partial charge in [0.15, 0.2) is 5.12 Å². The Bertz CT molecular complexity index is 170. The van der Waals surface area contributed by atoms with E-state index in [0.717, 1.165) is 10.7 Å². The summed E-state index contributed by atoms with van der Waals surface area (Å²) < 4.78 is 0.157. The maximum absolute atomic E-state index is 10.6. The average molecular weight is 193 g/mol. The number of hydrogen-bond acceptors (Lipinski definition) is 4. The molecule has 56 valence electrons. The molecule has 1 aliphatic heterocycles. The predicted molar refractivity (Wildman–Crippen MR) is 50.3 cm³/mol. The minimum Gasteiger partial charge on any atom is -0.358 e. The molecule has 0 aromatic carbocycles. The number of carbonyl (C=O) groups is 1. The van der Waals surface area contributed by atoms with Crippen molar-refractivity contribution >= 4 is 45.8 Å². The lowest BCUT2D eigenvalue weighted by Gasteiger charge is -2.04. The van der Waals surface area contributed by atoms with Gasteiger partial charge in [-0.05, 0) is 0 Å². The van der Waals surface area contributed by atoms with Crippen LogP contribution >= 0.6 is 35.7 Å². The zero-order chi connectivity index (χ0) is 7.56. The van der Waals surface area contributed by atoms with E-state index in [1.807, 2.05) is 0 Å². The SMILES string of the molecule is CC(=O)SC1NC(=S)CS1. The minimum atomic E-state index is 0.134. The topological polar surface area (TPSA) is 29.1 Å². The Kier molecular flexibility index (Phi) is 3.00. The standard InChI is InChI=1S/C5H7NOS3/c1-3(7)10-5-6-4(8)2-9-5/h5H,2H2,1H3,(H,6,8). The Morgan fingerprint density at radius 1 is 2.00 bits per heavy atom. The minimum absolute atomic E-state index is 0.134. The fourth-order valence-corrected chi connectivity index (χ4v) is 3.05. The lowest BCUT2D eigenvalue weighted by Crippen LogP contribution is -2.21. The summed E-state index contributed by atoms with van der Waals surface area (Å²) in [6, 6.07) is 0. The summed E-state index contributed by atoms with van der Waals surface area (Å²) >= 11 is 7.85. The molecule has 0 amide bonds. The van der Waals surface area contributed by atoms with Crippen LogP contribution in [0, 0.1) is 0 Å². The van der Waals surface area contributed by atoms with Gasteiger partial charge in [0.2, 0.25) is 0 Å². The molecule has 1 fully saturated rings. The van der Waals surface area contributed by atoms with Gasteiger partial charge in [-0.1, -0.05) is 24.0 Å². The molecule has 10 heavy (non-hydrogen) atoms. The summed E-state index contributed by atoms with van der Waals surface area (Å²) in [5, 5.41) is 3.16. The van der Waals surface area contributed by atoms with Crippen molar-refractivity contribution in [3.8, 4) is 0 Å². The summed E-state index contributed by atoms with van der Waals surface area (Å²) in [7, 11) is 0. The highest BCUT2D eigenvalue weighted by atomic mass is 32.2. The third kappa shape index (κ3) is 2.48. The highest BCUT2D eigenvalue weighted by Crippen LogP contribution is 2.26. The van der Waals surface area contributed by atoms with Crippen LogP contribution in [0.15, 0.2) is 0 Å². The Morgan fingerprint density at radius 3 is 3.10 bits per heavy atom. The molecule has 1 saturated heterocycles. The van der Waals surface area contributed by atoms with Crippen LogP contribution in [0.5, 0.6) is 0 Å². The summed E-state index contributed by atoms with van der Waals surface area (Å²) in [4.78, 5) is 11.4. The van der Waals surface area contributed by atoms with Crippen LogP contribution in [0.25, 0.3) is 0 Å². The highest BCUT2D eigenvalue weighted by molar-refractivity contribution is 8.25. The molecule has 2 nitrogen and oxygen atoms in total. The number of thiocarbonyl (C=S) groups is 1. The van der Waals surface area contributed by atoms with E-state index in [9.17, 15) is 4.79 Å². The van der Waals surface area contributed by atoms with Gasteiger partial charge in [-0.2, -0.15) is 0 Å². The first kappa shape index (κ1) is 8.36. The van der Waals surface area contributed by atoms with Crippen molar-refractivity contribution in [3.63, 3.8) is 0 Å². The van der Waals surface area contributed by atoms with Crippen molar-refractivity contribution in [2.45, 2.75) is 11.6 Å². The smallest absolute Gasteiger partial charge is 0.188 e. The number of rotatable bonds is 1. The van der Waals surface area contributed by atoms with Gasteiger partial charge < -0.3 is 5.32 Å². The van der Waals surface area contributed by atoms with E-state index in [1.54, 1.807) is 18.7 Å². The van der Waals surface area contributed by atoms with Crippen molar-refractivity contribution in [2.75, 3.05) is 5.75 Å². The Hall–Kier alpha value is 0.260. The van der Waals surface area contributed by atoms with Gasteiger partial charge >= 0.3 is 0 Å². The van der Waals surface area contributed by atoms with E-state index >= 15 is 0 Å².